The van der Waals surface area contributed by atoms with Crippen LogP contribution in [0.25, 0.3) is 10.9 Å². The predicted molar refractivity (Wildman–Crippen MR) is 92.8 cm³/mol. The Morgan fingerprint density at radius 1 is 1.24 bits per heavy atom. The minimum atomic E-state index is -1.14. The second-order valence-electron chi connectivity index (χ2n) is 5.76. The summed E-state index contributed by atoms with van der Waals surface area (Å²) in [5, 5.41) is 18.6. The van der Waals surface area contributed by atoms with Gasteiger partial charge in [0.05, 0.1) is 11.9 Å². The lowest BCUT2D eigenvalue weighted by Gasteiger charge is -2.09. The predicted octanol–water partition coefficient (Wildman–Crippen LogP) is 4.37. The third-order valence-electron chi connectivity index (χ3n) is 4.19. The molecule has 3 aromatic rings. The molecule has 0 fully saturated rings. The van der Waals surface area contributed by atoms with Gasteiger partial charge in [0.15, 0.2) is 17.4 Å². The molecule has 0 radical (unpaired) electrons. The Morgan fingerprint density at radius 2 is 1.88 bits per heavy atom. The monoisotopic (exact) mass is 409 g/mol. The largest absolute Gasteiger partial charge is 0.503 e. The van der Waals surface area contributed by atoms with E-state index in [2.05, 4.69) is 15.9 Å². The van der Waals surface area contributed by atoms with Crippen LogP contribution < -0.4 is 0 Å². The average molecular weight is 410 g/mol. The standard InChI is InChI=1S/C18H14BrF2NO3/c1-9-12(6-15(23)24)16-14(7-13(20)18(25)17(16)21)22(9)8-10-2-4-11(19)5-3-10/h2-5,7,25H,6,8H2,1H3,(H,23,24). The van der Waals surface area contributed by atoms with Gasteiger partial charge in [-0.2, -0.15) is 0 Å². The Bertz CT molecular complexity index is 981. The van der Waals surface area contributed by atoms with Crippen molar-refractivity contribution >= 4 is 32.8 Å². The third kappa shape index (κ3) is 3.11. The van der Waals surface area contributed by atoms with Gasteiger partial charge < -0.3 is 14.8 Å². The van der Waals surface area contributed by atoms with Crippen molar-refractivity contribution in [2.75, 3.05) is 0 Å². The van der Waals surface area contributed by atoms with Gasteiger partial charge in [0.25, 0.3) is 0 Å². The molecule has 1 heterocycles. The van der Waals surface area contributed by atoms with Crippen molar-refractivity contribution in [2.45, 2.75) is 19.9 Å². The lowest BCUT2D eigenvalue weighted by atomic mass is 10.1. The molecule has 0 bridgehead atoms. The van der Waals surface area contributed by atoms with Gasteiger partial charge in [-0.3, -0.25) is 4.79 Å². The second-order valence-corrected chi connectivity index (χ2v) is 6.68. The number of hydrogen-bond donors (Lipinski definition) is 2. The van der Waals surface area contributed by atoms with Gasteiger partial charge in [0.2, 0.25) is 0 Å². The molecule has 2 aromatic carbocycles. The van der Waals surface area contributed by atoms with Crippen molar-refractivity contribution in [3.63, 3.8) is 0 Å². The zero-order chi connectivity index (χ0) is 18.3. The molecule has 0 amide bonds. The number of aliphatic carboxylic acids is 1. The molecular formula is C18H14BrF2NO3. The maximum Gasteiger partial charge on any atom is 0.307 e. The van der Waals surface area contributed by atoms with Crippen LogP contribution in [0.5, 0.6) is 5.75 Å². The lowest BCUT2D eigenvalue weighted by Crippen LogP contribution is -2.05. The molecule has 0 atom stereocenters. The molecule has 4 nitrogen and oxygen atoms in total. The quantitative estimate of drug-likeness (QED) is 0.672. The fourth-order valence-electron chi connectivity index (χ4n) is 2.96. The number of nitrogens with zero attached hydrogens (tertiary/aromatic N) is 1. The number of rotatable bonds is 4. The summed E-state index contributed by atoms with van der Waals surface area (Å²) in [4.78, 5) is 11.2. The number of benzene rings is 2. The molecular weight excluding hydrogens is 396 g/mol. The van der Waals surface area contributed by atoms with Crippen LogP contribution in [0.15, 0.2) is 34.8 Å². The van der Waals surface area contributed by atoms with Crippen LogP contribution in [0.2, 0.25) is 0 Å². The Balaban J connectivity index is 2.25. The van der Waals surface area contributed by atoms with E-state index in [1.54, 1.807) is 11.5 Å². The van der Waals surface area contributed by atoms with E-state index in [4.69, 9.17) is 5.11 Å². The van der Waals surface area contributed by atoms with Gasteiger partial charge in [-0.25, -0.2) is 8.78 Å². The van der Waals surface area contributed by atoms with Gasteiger partial charge in [-0.05, 0) is 30.2 Å². The van der Waals surface area contributed by atoms with Gasteiger partial charge in [0, 0.05) is 28.2 Å². The van der Waals surface area contributed by atoms with Crippen LogP contribution in [0.3, 0.4) is 0 Å². The molecule has 0 aliphatic heterocycles. The highest BCUT2D eigenvalue weighted by molar-refractivity contribution is 9.10. The normalized spacial score (nSPS) is 11.2. The van der Waals surface area contributed by atoms with Crippen LogP contribution in [0.4, 0.5) is 8.78 Å². The summed E-state index contributed by atoms with van der Waals surface area (Å²) in [6.45, 7) is 1.98. The number of aromatic nitrogens is 1. The van der Waals surface area contributed by atoms with Crippen LogP contribution in [0.1, 0.15) is 16.8 Å². The SMILES string of the molecule is Cc1c(CC(=O)O)c2c(F)c(O)c(F)cc2n1Cc1ccc(Br)cc1. The zero-order valence-electron chi connectivity index (χ0n) is 13.2. The third-order valence-corrected chi connectivity index (χ3v) is 4.72. The van der Waals surface area contributed by atoms with E-state index >= 15 is 0 Å². The van der Waals surface area contributed by atoms with Crippen LogP contribution in [-0.4, -0.2) is 20.7 Å². The van der Waals surface area contributed by atoms with Gasteiger partial charge in [-0.15, -0.1) is 0 Å². The van der Waals surface area contributed by atoms with Crippen molar-refractivity contribution in [1.82, 2.24) is 4.57 Å². The number of phenolic OH excluding ortho intramolecular Hbond substituents is 1. The fourth-order valence-corrected chi connectivity index (χ4v) is 3.23. The van der Waals surface area contributed by atoms with Crippen molar-refractivity contribution in [1.29, 1.82) is 0 Å². The molecule has 2 N–H and O–H groups in total. The van der Waals surface area contributed by atoms with E-state index in [9.17, 15) is 18.7 Å². The Labute approximate surface area is 150 Å². The summed E-state index contributed by atoms with van der Waals surface area (Å²) in [5.74, 6) is -4.45. The molecule has 0 aliphatic carbocycles. The summed E-state index contributed by atoms with van der Waals surface area (Å²) in [6.07, 6.45) is -0.419. The van der Waals surface area contributed by atoms with Gasteiger partial charge in [0.1, 0.15) is 0 Å². The van der Waals surface area contributed by atoms with E-state index in [0.717, 1.165) is 16.1 Å². The summed E-state index contributed by atoms with van der Waals surface area (Å²) < 4.78 is 30.9. The molecule has 130 valence electrons. The highest BCUT2D eigenvalue weighted by Crippen LogP contribution is 2.35. The fraction of sp³-hybridized carbons (Fsp3) is 0.167. The van der Waals surface area contributed by atoms with Crippen molar-refractivity contribution in [3.8, 4) is 5.75 Å². The molecule has 3 rings (SSSR count). The van der Waals surface area contributed by atoms with E-state index in [1.165, 1.54) is 0 Å². The Morgan fingerprint density at radius 3 is 2.48 bits per heavy atom. The highest BCUT2D eigenvalue weighted by Gasteiger charge is 2.23. The highest BCUT2D eigenvalue weighted by atomic mass is 79.9. The minimum Gasteiger partial charge on any atom is -0.503 e. The molecule has 7 heteroatoms. The first kappa shape index (κ1) is 17.4. The van der Waals surface area contributed by atoms with Crippen molar-refractivity contribution < 1.29 is 23.8 Å². The number of aromatic hydroxyl groups is 1. The number of fused-ring (bicyclic) bond motifs is 1. The van der Waals surface area contributed by atoms with E-state index in [0.29, 0.717) is 12.2 Å². The first-order valence-corrected chi connectivity index (χ1v) is 8.23. The molecule has 1 aromatic heterocycles. The van der Waals surface area contributed by atoms with E-state index < -0.39 is 29.8 Å². The number of hydrogen-bond acceptors (Lipinski definition) is 2. The summed E-state index contributed by atoms with van der Waals surface area (Å²) in [6, 6.07) is 8.45. The summed E-state index contributed by atoms with van der Waals surface area (Å²) in [5.41, 5.74) is 1.85. The number of phenols is 1. The van der Waals surface area contributed by atoms with Crippen molar-refractivity contribution in [2.24, 2.45) is 0 Å². The second kappa shape index (κ2) is 6.48. The number of carbonyl (C=O) groups is 1. The van der Waals surface area contributed by atoms with Crippen LogP contribution in [-0.2, 0) is 17.8 Å². The summed E-state index contributed by atoms with van der Waals surface area (Å²) >= 11 is 3.34. The molecule has 0 unspecified atom stereocenters. The molecule has 0 saturated carbocycles. The van der Waals surface area contributed by atoms with Gasteiger partial charge in [-0.1, -0.05) is 28.1 Å². The number of halogens is 3. The zero-order valence-corrected chi connectivity index (χ0v) is 14.8. The Kier molecular flexibility index (Phi) is 4.51. The maximum absolute atomic E-state index is 14.5. The number of carboxylic acid groups (broad SMARTS) is 1. The first-order chi connectivity index (χ1) is 11.8. The van der Waals surface area contributed by atoms with Crippen LogP contribution >= 0.6 is 15.9 Å². The molecule has 25 heavy (non-hydrogen) atoms. The lowest BCUT2D eigenvalue weighted by molar-refractivity contribution is -0.136. The topological polar surface area (TPSA) is 62.5 Å². The molecule has 0 spiro atoms. The van der Waals surface area contributed by atoms with Crippen molar-refractivity contribution in [3.05, 3.63) is 63.3 Å². The Hall–Kier alpha value is -2.41. The molecule has 0 saturated heterocycles. The van der Waals surface area contributed by atoms with Crippen LogP contribution in [0, 0.1) is 18.6 Å². The van der Waals surface area contributed by atoms with E-state index in [1.807, 2.05) is 24.3 Å². The first-order valence-electron chi connectivity index (χ1n) is 7.44. The maximum atomic E-state index is 14.5. The molecule has 0 aliphatic rings. The average Bonchev–Trinajstić information content (AvgIpc) is 2.80. The number of carboxylic acids is 1. The minimum absolute atomic E-state index is 0.0593. The summed E-state index contributed by atoms with van der Waals surface area (Å²) in [7, 11) is 0. The van der Waals surface area contributed by atoms with Gasteiger partial charge >= 0.3 is 5.97 Å². The smallest absolute Gasteiger partial charge is 0.307 e. The van der Waals surface area contributed by atoms with E-state index in [-0.39, 0.29) is 16.5 Å².